The van der Waals surface area contributed by atoms with Crippen LogP contribution in [0.2, 0.25) is 0 Å². The summed E-state index contributed by atoms with van der Waals surface area (Å²) in [6.07, 6.45) is 2.22. The van der Waals surface area contributed by atoms with E-state index >= 15 is 0 Å². The Labute approximate surface area is 119 Å². The van der Waals surface area contributed by atoms with Crippen LogP contribution in [-0.2, 0) is 14.4 Å². The molecule has 0 bridgehead atoms. The van der Waals surface area contributed by atoms with Crippen molar-refractivity contribution in [3.63, 3.8) is 0 Å². The number of nitrogens with one attached hydrogen (secondary N) is 2. The van der Waals surface area contributed by atoms with Gasteiger partial charge in [-0.2, -0.15) is 0 Å². The lowest BCUT2D eigenvalue weighted by atomic mass is 10.1. The molecule has 2 amide bonds. The van der Waals surface area contributed by atoms with Gasteiger partial charge in [-0.25, -0.2) is 0 Å². The molecule has 0 aromatic rings. The first-order chi connectivity index (χ1) is 9.34. The van der Waals surface area contributed by atoms with Gasteiger partial charge in [-0.15, -0.1) is 0 Å². The molecule has 0 fully saturated rings. The quantitative estimate of drug-likeness (QED) is 0.294. The van der Waals surface area contributed by atoms with Gasteiger partial charge in [-0.05, 0) is 33.4 Å². The summed E-state index contributed by atoms with van der Waals surface area (Å²) in [6, 6.07) is -0.277. The second kappa shape index (κ2) is 10.2. The number of amides is 2. The molecular formula is C13H25N3O4. The maximum Gasteiger partial charge on any atom is 0.305 e. The van der Waals surface area contributed by atoms with Crippen molar-refractivity contribution in [3.8, 4) is 0 Å². The van der Waals surface area contributed by atoms with E-state index in [0.717, 1.165) is 12.8 Å². The minimum atomic E-state index is -0.929. The van der Waals surface area contributed by atoms with Crippen LogP contribution in [0.3, 0.4) is 0 Å². The van der Waals surface area contributed by atoms with E-state index in [0.29, 0.717) is 13.0 Å². The number of carbonyl (C=O) groups is 3. The molecule has 0 saturated carbocycles. The number of hydrogen-bond acceptors (Lipinski definition) is 4. The van der Waals surface area contributed by atoms with E-state index < -0.39 is 5.97 Å². The second-order valence-electron chi connectivity index (χ2n) is 4.89. The summed E-state index contributed by atoms with van der Waals surface area (Å²) in [5.74, 6) is -1.14. The zero-order valence-electron chi connectivity index (χ0n) is 12.4. The average Bonchev–Trinajstić information content (AvgIpc) is 2.32. The molecule has 0 aromatic carbocycles. The lowest BCUT2D eigenvalue weighted by molar-refractivity contribution is -0.137. The lowest BCUT2D eigenvalue weighted by Crippen LogP contribution is -2.44. The molecule has 116 valence electrons. The Balaban J connectivity index is 3.99. The fourth-order valence-electron chi connectivity index (χ4n) is 1.76. The van der Waals surface area contributed by atoms with Crippen molar-refractivity contribution in [3.05, 3.63) is 0 Å². The Kier molecular flexibility index (Phi) is 9.36. The van der Waals surface area contributed by atoms with E-state index in [4.69, 9.17) is 5.11 Å². The van der Waals surface area contributed by atoms with Crippen molar-refractivity contribution in [1.82, 2.24) is 15.5 Å². The van der Waals surface area contributed by atoms with Crippen LogP contribution in [0.4, 0.5) is 0 Å². The summed E-state index contributed by atoms with van der Waals surface area (Å²) < 4.78 is 0. The highest BCUT2D eigenvalue weighted by molar-refractivity contribution is 5.82. The molecule has 0 heterocycles. The molecule has 20 heavy (non-hydrogen) atoms. The highest BCUT2D eigenvalue weighted by Gasteiger charge is 2.19. The van der Waals surface area contributed by atoms with Crippen molar-refractivity contribution >= 4 is 17.8 Å². The molecule has 0 radical (unpaired) electrons. The SMILES string of the molecule is C[13C](=O)NCCCCC(C(=O)[15NH][13CH2]CC(=O)O)N(C)[13CH3]. The summed E-state index contributed by atoms with van der Waals surface area (Å²) in [5, 5.41) is 13.9. The fourth-order valence-corrected chi connectivity index (χ4v) is 1.76. The number of rotatable bonds is 10. The van der Waals surface area contributed by atoms with Crippen LogP contribution in [0.5, 0.6) is 0 Å². The predicted molar refractivity (Wildman–Crippen MR) is 75.3 cm³/mol. The molecule has 0 saturated heterocycles. The highest BCUT2D eigenvalue weighted by atomic mass is 16.4. The van der Waals surface area contributed by atoms with E-state index in [2.05, 4.69) is 10.6 Å². The summed E-state index contributed by atoms with van der Waals surface area (Å²) in [5.41, 5.74) is 0. The number of carboxylic acid groups (broad SMARTS) is 1. The molecule has 7 heteroatoms. The summed E-state index contributed by atoms with van der Waals surface area (Å²) >= 11 is 0. The van der Waals surface area contributed by atoms with Gasteiger partial charge in [0.15, 0.2) is 0 Å². The van der Waals surface area contributed by atoms with E-state index in [1.54, 1.807) is 0 Å². The van der Waals surface area contributed by atoms with Gasteiger partial charge in [0.05, 0.1) is 12.5 Å². The van der Waals surface area contributed by atoms with Gasteiger partial charge in [0, 0.05) is 20.0 Å². The largest absolute Gasteiger partial charge is 0.481 e. The monoisotopic (exact) mass is 291 g/mol. The van der Waals surface area contributed by atoms with Crippen LogP contribution in [0.1, 0.15) is 32.6 Å². The van der Waals surface area contributed by atoms with Crippen LogP contribution in [-0.4, -0.2) is 61.0 Å². The van der Waals surface area contributed by atoms with E-state index in [9.17, 15) is 14.4 Å². The number of likely N-dealkylation sites (N-methyl/N-ethyl adjacent to an activating group) is 1. The third-order valence-corrected chi connectivity index (χ3v) is 2.84. The molecule has 7 nitrogen and oxygen atoms in total. The molecule has 1 unspecified atom stereocenters. The van der Waals surface area contributed by atoms with Gasteiger partial charge >= 0.3 is 5.97 Å². The van der Waals surface area contributed by atoms with E-state index in [1.807, 2.05) is 19.0 Å². The Morgan fingerprint density at radius 2 is 1.75 bits per heavy atom. The van der Waals surface area contributed by atoms with Crippen molar-refractivity contribution in [2.45, 2.75) is 38.6 Å². The third kappa shape index (κ3) is 9.32. The van der Waals surface area contributed by atoms with Crippen LogP contribution >= 0.6 is 0 Å². The van der Waals surface area contributed by atoms with Crippen molar-refractivity contribution in [2.24, 2.45) is 0 Å². The van der Waals surface area contributed by atoms with Crippen molar-refractivity contribution in [2.75, 3.05) is 27.2 Å². The molecule has 0 spiro atoms. The first kappa shape index (κ1) is 18.4. The van der Waals surface area contributed by atoms with Gasteiger partial charge < -0.3 is 15.7 Å². The van der Waals surface area contributed by atoms with Crippen molar-refractivity contribution in [1.29, 1.82) is 0 Å². The Hall–Kier alpha value is -1.63. The molecular weight excluding hydrogens is 266 g/mol. The average molecular weight is 291 g/mol. The lowest BCUT2D eigenvalue weighted by Gasteiger charge is -2.23. The zero-order chi connectivity index (χ0) is 15.5. The molecule has 0 aliphatic heterocycles. The standard InChI is InChI=1S/C13H25N3O4/c1-10(17)14-8-5-4-6-11(16(2)3)13(20)15-9-7-12(18)19/h11H,4-9H2,1-3H3,(H,14,17)(H,15,20)(H,18,19)/i2+1,9+1,10+1,15+1. The third-order valence-electron chi connectivity index (χ3n) is 2.84. The Bertz CT molecular complexity index is 332. The Morgan fingerprint density at radius 3 is 2.25 bits per heavy atom. The highest BCUT2D eigenvalue weighted by Crippen LogP contribution is 2.06. The number of carbonyl (C=O) groups excluding carboxylic acids is 2. The van der Waals surface area contributed by atoms with Gasteiger partial charge in [0.2, 0.25) is 11.8 Å². The minimum absolute atomic E-state index is 0.0550. The van der Waals surface area contributed by atoms with Crippen LogP contribution in [0.15, 0.2) is 0 Å². The normalized spacial score (nSPS) is 12.0. The van der Waals surface area contributed by atoms with Crippen LogP contribution in [0.25, 0.3) is 0 Å². The summed E-state index contributed by atoms with van der Waals surface area (Å²) in [4.78, 5) is 34.8. The first-order valence-electron chi connectivity index (χ1n) is 6.75. The number of aliphatic carboxylic acids is 1. The molecule has 0 aliphatic carbocycles. The maximum atomic E-state index is 11.9. The van der Waals surface area contributed by atoms with E-state index in [1.165, 1.54) is 6.92 Å². The number of carboxylic acids is 1. The minimum Gasteiger partial charge on any atom is -0.481 e. The molecule has 0 rings (SSSR count). The molecule has 1 atom stereocenters. The summed E-state index contributed by atoms with van der Waals surface area (Å²) in [6.45, 7) is 2.22. The van der Waals surface area contributed by atoms with Gasteiger partial charge in [-0.1, -0.05) is 0 Å². The smallest absolute Gasteiger partial charge is 0.305 e. The fraction of sp³-hybridized carbons (Fsp3) is 0.769. The van der Waals surface area contributed by atoms with Crippen LogP contribution in [0, 0.1) is 0 Å². The van der Waals surface area contributed by atoms with E-state index in [-0.39, 0.29) is 30.8 Å². The topological polar surface area (TPSA) is 98.7 Å². The van der Waals surface area contributed by atoms with Gasteiger partial charge in [-0.3, -0.25) is 19.3 Å². The van der Waals surface area contributed by atoms with Gasteiger partial charge in [0.25, 0.3) is 0 Å². The number of nitrogens with zero attached hydrogens (tertiary/aromatic N) is 1. The molecule has 0 aromatic heterocycles. The van der Waals surface area contributed by atoms with Crippen molar-refractivity contribution < 1.29 is 19.5 Å². The number of hydrogen-bond donors (Lipinski definition) is 3. The predicted octanol–water partition coefficient (Wildman–Crippen LogP) is -0.186. The Morgan fingerprint density at radius 1 is 1.10 bits per heavy atom. The zero-order valence-corrected chi connectivity index (χ0v) is 12.4. The first-order valence-corrected chi connectivity index (χ1v) is 6.75. The second-order valence-corrected chi connectivity index (χ2v) is 4.89. The summed E-state index contributed by atoms with van der Waals surface area (Å²) in [7, 11) is 3.63. The molecule has 3 N–H and O–H groups in total. The number of unbranched alkanes of at least 4 members (excludes halogenated alkanes) is 1. The maximum absolute atomic E-state index is 11.9. The van der Waals surface area contributed by atoms with Gasteiger partial charge in [0.1, 0.15) is 0 Å². The molecule has 0 aliphatic rings. The van der Waals surface area contributed by atoms with Crippen LogP contribution < -0.4 is 10.6 Å².